The van der Waals surface area contributed by atoms with E-state index in [1.165, 1.54) is 14.0 Å². The van der Waals surface area contributed by atoms with Crippen molar-refractivity contribution in [2.45, 2.75) is 19.9 Å². The van der Waals surface area contributed by atoms with Crippen molar-refractivity contribution in [1.82, 2.24) is 14.9 Å². The van der Waals surface area contributed by atoms with Crippen LogP contribution < -0.4 is 4.74 Å². The number of pyridine rings is 1. The van der Waals surface area contributed by atoms with Crippen LogP contribution in [0.2, 0.25) is 10.0 Å². The lowest BCUT2D eigenvalue weighted by atomic mass is 10.1. The lowest BCUT2D eigenvalue weighted by molar-refractivity contribution is -0.150. The van der Waals surface area contributed by atoms with Crippen LogP contribution in [-0.2, 0) is 27.3 Å². The lowest BCUT2D eigenvalue weighted by Crippen LogP contribution is -2.38. The highest BCUT2D eigenvalue weighted by atomic mass is 35.5. The molecule has 0 radical (unpaired) electrons. The number of H-pyrrole nitrogens is 1. The second-order valence-corrected chi connectivity index (χ2v) is 6.16. The molecule has 9 heteroatoms. The molecule has 24 heavy (non-hydrogen) atoms. The molecule has 2 aromatic rings. The van der Waals surface area contributed by atoms with Crippen molar-refractivity contribution in [3.63, 3.8) is 0 Å². The first-order chi connectivity index (χ1) is 11.4. The van der Waals surface area contributed by atoms with E-state index in [-0.39, 0.29) is 23.4 Å². The number of halogens is 2. The maximum absolute atomic E-state index is 12.2. The molecule has 1 aliphatic heterocycles. The second kappa shape index (κ2) is 6.49. The molecule has 0 unspecified atom stereocenters. The summed E-state index contributed by atoms with van der Waals surface area (Å²) < 4.78 is 9.93. The zero-order chi connectivity index (χ0) is 17.4. The van der Waals surface area contributed by atoms with Gasteiger partial charge in [-0.3, -0.25) is 9.59 Å². The molecule has 1 aliphatic rings. The molecule has 0 saturated carbocycles. The van der Waals surface area contributed by atoms with E-state index in [4.69, 9.17) is 32.7 Å². The molecule has 0 bridgehead atoms. The highest BCUT2D eigenvalue weighted by molar-refractivity contribution is 6.45. The number of esters is 1. The smallest absolute Gasteiger partial charge is 0.303 e. The number of carbonyl (C=O) groups is 2. The van der Waals surface area contributed by atoms with Crippen molar-refractivity contribution in [3.05, 3.63) is 21.3 Å². The fourth-order valence-electron chi connectivity index (χ4n) is 2.72. The minimum Gasteiger partial charge on any atom is -0.480 e. The van der Waals surface area contributed by atoms with E-state index >= 15 is 0 Å². The average Bonchev–Trinajstić information content (AvgIpc) is 2.93. The van der Waals surface area contributed by atoms with Crippen molar-refractivity contribution in [2.75, 3.05) is 20.3 Å². The molecule has 0 atom stereocenters. The Kier molecular flexibility index (Phi) is 4.56. The summed E-state index contributed by atoms with van der Waals surface area (Å²) in [6.07, 6.45) is 0.619. The SMILES string of the molecule is COc1nc2c3c([nH]c2c(Cl)c1Cl)CCN(C(=O)COC(C)=O)C3. The molecule has 128 valence electrons. The van der Waals surface area contributed by atoms with Crippen LogP contribution in [0.15, 0.2) is 0 Å². The van der Waals surface area contributed by atoms with Crippen LogP contribution in [0.5, 0.6) is 5.88 Å². The Morgan fingerprint density at radius 2 is 2.08 bits per heavy atom. The number of methoxy groups -OCH3 is 1. The van der Waals surface area contributed by atoms with Crippen LogP contribution in [0.4, 0.5) is 0 Å². The average molecular weight is 372 g/mol. The van der Waals surface area contributed by atoms with Gasteiger partial charge in [0.05, 0.1) is 23.2 Å². The molecule has 0 fully saturated rings. The predicted octanol–water partition coefficient (Wildman–Crippen LogP) is 2.33. The van der Waals surface area contributed by atoms with Crippen LogP contribution in [-0.4, -0.2) is 47.0 Å². The Balaban J connectivity index is 1.94. The monoisotopic (exact) mass is 371 g/mol. The minimum atomic E-state index is -0.485. The lowest BCUT2D eigenvalue weighted by Gasteiger charge is -2.26. The molecular weight excluding hydrogens is 357 g/mol. The number of carbonyl (C=O) groups excluding carboxylic acids is 2. The van der Waals surface area contributed by atoms with Gasteiger partial charge in [-0.25, -0.2) is 4.98 Å². The van der Waals surface area contributed by atoms with E-state index in [0.717, 1.165) is 11.3 Å². The van der Waals surface area contributed by atoms with Crippen molar-refractivity contribution < 1.29 is 19.1 Å². The van der Waals surface area contributed by atoms with Crippen LogP contribution in [0, 0.1) is 0 Å². The van der Waals surface area contributed by atoms with Gasteiger partial charge in [0.25, 0.3) is 5.91 Å². The predicted molar refractivity (Wildman–Crippen MR) is 88.4 cm³/mol. The number of amides is 1. The summed E-state index contributed by atoms with van der Waals surface area (Å²) in [5.74, 6) is -0.502. The molecule has 3 heterocycles. The van der Waals surface area contributed by atoms with Crippen LogP contribution in [0.3, 0.4) is 0 Å². The van der Waals surface area contributed by atoms with Crippen molar-refractivity contribution in [3.8, 4) is 5.88 Å². The highest BCUT2D eigenvalue weighted by Crippen LogP contribution is 2.38. The molecule has 0 aromatic carbocycles. The van der Waals surface area contributed by atoms with Gasteiger partial charge in [-0.2, -0.15) is 0 Å². The Morgan fingerprint density at radius 1 is 1.33 bits per heavy atom. The van der Waals surface area contributed by atoms with Gasteiger partial charge in [-0.1, -0.05) is 23.2 Å². The molecule has 1 amide bonds. The van der Waals surface area contributed by atoms with E-state index in [9.17, 15) is 9.59 Å². The first kappa shape index (κ1) is 16.9. The van der Waals surface area contributed by atoms with E-state index in [1.807, 2.05) is 0 Å². The number of rotatable bonds is 3. The van der Waals surface area contributed by atoms with Gasteiger partial charge in [-0.05, 0) is 0 Å². The maximum Gasteiger partial charge on any atom is 0.303 e. The summed E-state index contributed by atoms with van der Waals surface area (Å²) in [6, 6.07) is 0. The van der Waals surface area contributed by atoms with Gasteiger partial charge in [0.2, 0.25) is 5.88 Å². The number of hydrogen-bond acceptors (Lipinski definition) is 5. The third kappa shape index (κ3) is 2.89. The van der Waals surface area contributed by atoms with E-state index in [0.29, 0.717) is 35.6 Å². The summed E-state index contributed by atoms with van der Waals surface area (Å²) >= 11 is 12.4. The summed E-state index contributed by atoms with van der Waals surface area (Å²) in [6.45, 7) is 1.87. The third-order valence-electron chi connectivity index (χ3n) is 3.90. The zero-order valence-corrected chi connectivity index (χ0v) is 14.6. The quantitative estimate of drug-likeness (QED) is 0.836. The fourth-order valence-corrected chi connectivity index (χ4v) is 3.15. The number of hydrogen-bond donors (Lipinski definition) is 1. The molecule has 2 aromatic heterocycles. The molecule has 0 aliphatic carbocycles. The molecule has 3 rings (SSSR count). The van der Waals surface area contributed by atoms with Gasteiger partial charge in [0, 0.05) is 37.7 Å². The summed E-state index contributed by atoms with van der Waals surface area (Å²) in [7, 11) is 1.46. The van der Waals surface area contributed by atoms with Crippen LogP contribution in [0.1, 0.15) is 18.2 Å². The highest BCUT2D eigenvalue weighted by Gasteiger charge is 2.27. The molecule has 0 spiro atoms. The number of nitrogens with one attached hydrogen (secondary N) is 1. The van der Waals surface area contributed by atoms with Gasteiger partial charge in [0.1, 0.15) is 5.02 Å². The van der Waals surface area contributed by atoms with Gasteiger partial charge >= 0.3 is 5.97 Å². The summed E-state index contributed by atoms with van der Waals surface area (Å²) in [5.41, 5.74) is 3.08. The Labute approximate surface area is 147 Å². The summed E-state index contributed by atoms with van der Waals surface area (Å²) in [5, 5.41) is 0.582. The first-order valence-corrected chi connectivity index (χ1v) is 8.01. The molecule has 7 nitrogen and oxygen atoms in total. The number of fused-ring (bicyclic) bond motifs is 3. The van der Waals surface area contributed by atoms with Crippen molar-refractivity contribution >= 4 is 46.1 Å². The molecular formula is C15H15Cl2N3O4. The minimum absolute atomic E-state index is 0.235. The second-order valence-electron chi connectivity index (χ2n) is 5.40. The normalized spacial score (nSPS) is 13.8. The van der Waals surface area contributed by atoms with Crippen LogP contribution >= 0.6 is 23.2 Å². The van der Waals surface area contributed by atoms with Gasteiger partial charge in [0.15, 0.2) is 6.61 Å². The van der Waals surface area contributed by atoms with E-state index in [2.05, 4.69) is 9.97 Å². The number of nitrogens with zero attached hydrogens (tertiary/aromatic N) is 2. The molecule has 1 N–H and O–H groups in total. The fraction of sp³-hybridized carbons (Fsp3) is 0.400. The largest absolute Gasteiger partial charge is 0.480 e. The first-order valence-electron chi connectivity index (χ1n) is 7.26. The topological polar surface area (TPSA) is 84.5 Å². The van der Waals surface area contributed by atoms with Gasteiger partial charge in [-0.15, -0.1) is 0 Å². The van der Waals surface area contributed by atoms with E-state index < -0.39 is 5.97 Å². The zero-order valence-electron chi connectivity index (χ0n) is 13.1. The Morgan fingerprint density at radius 3 is 2.75 bits per heavy atom. The summed E-state index contributed by atoms with van der Waals surface area (Å²) in [4.78, 5) is 32.3. The third-order valence-corrected chi connectivity index (χ3v) is 4.73. The van der Waals surface area contributed by atoms with Crippen molar-refractivity contribution in [2.24, 2.45) is 0 Å². The Hall–Kier alpha value is -1.99. The standard InChI is InChI=1S/C15H15Cl2N3O4/c1-7(21)24-6-10(22)20-4-3-9-8(5-20)13-14(18-9)11(16)12(17)15(19-13)23-2/h18H,3-6H2,1-2H3. The Bertz CT molecular complexity index is 834. The van der Waals surface area contributed by atoms with E-state index in [1.54, 1.807) is 4.90 Å². The van der Waals surface area contributed by atoms with Crippen LogP contribution in [0.25, 0.3) is 11.0 Å². The molecule has 0 saturated heterocycles. The number of aromatic amines is 1. The maximum atomic E-state index is 12.2. The number of aromatic nitrogens is 2. The van der Waals surface area contributed by atoms with Crippen molar-refractivity contribution in [1.29, 1.82) is 0 Å². The number of ether oxygens (including phenoxy) is 2. The van der Waals surface area contributed by atoms with Gasteiger partial charge < -0.3 is 19.4 Å².